The Morgan fingerprint density at radius 2 is 1.95 bits per heavy atom. The summed E-state index contributed by atoms with van der Waals surface area (Å²) in [6.45, 7) is 3.97. The number of hydrogen-bond acceptors (Lipinski definition) is 4. The van der Waals surface area contributed by atoms with Gasteiger partial charge in [-0.05, 0) is 31.5 Å². The second kappa shape index (κ2) is 5.84. The number of hydrogen-bond donors (Lipinski definition) is 1. The van der Waals surface area contributed by atoms with E-state index >= 15 is 0 Å². The number of aliphatic hydroxyl groups is 1. The maximum Gasteiger partial charge on any atom is 0.119 e. The van der Waals surface area contributed by atoms with Gasteiger partial charge in [0.25, 0.3) is 0 Å². The van der Waals surface area contributed by atoms with Crippen LogP contribution in [0.15, 0.2) is 30.5 Å². The Kier molecular flexibility index (Phi) is 4.16. The first-order chi connectivity index (χ1) is 9.04. The van der Waals surface area contributed by atoms with Crippen LogP contribution in [0.4, 0.5) is 0 Å². The van der Waals surface area contributed by atoms with Crippen LogP contribution in [-0.4, -0.2) is 26.2 Å². The van der Waals surface area contributed by atoms with Crippen LogP contribution in [0.25, 0.3) is 0 Å². The molecular formula is C14H19N3O2. The minimum atomic E-state index is -0.579. The first-order valence-corrected chi connectivity index (χ1v) is 6.34. The van der Waals surface area contributed by atoms with Gasteiger partial charge in [0.1, 0.15) is 5.75 Å². The Balaban J connectivity index is 2.01. The van der Waals surface area contributed by atoms with Crippen LogP contribution >= 0.6 is 0 Å². The molecular weight excluding hydrogens is 242 g/mol. The Morgan fingerprint density at radius 1 is 1.26 bits per heavy atom. The fourth-order valence-electron chi connectivity index (χ4n) is 1.85. The number of ether oxygens (including phenoxy) is 1. The second-order valence-electron chi connectivity index (χ2n) is 4.84. The van der Waals surface area contributed by atoms with Crippen molar-refractivity contribution in [2.24, 2.45) is 7.05 Å². The highest BCUT2D eigenvalue weighted by atomic mass is 16.5. The number of nitrogens with zero attached hydrogens (tertiary/aromatic N) is 3. The fraction of sp³-hybridized carbons (Fsp3) is 0.429. The van der Waals surface area contributed by atoms with Gasteiger partial charge in [0, 0.05) is 19.7 Å². The second-order valence-corrected chi connectivity index (χ2v) is 4.84. The molecule has 0 radical (unpaired) electrons. The van der Waals surface area contributed by atoms with E-state index in [2.05, 4.69) is 10.3 Å². The minimum Gasteiger partial charge on any atom is -0.491 e. The van der Waals surface area contributed by atoms with Crippen molar-refractivity contribution in [2.45, 2.75) is 32.5 Å². The average Bonchev–Trinajstić information content (AvgIpc) is 2.75. The molecule has 0 fully saturated rings. The van der Waals surface area contributed by atoms with Crippen LogP contribution in [0.1, 0.15) is 31.2 Å². The fourth-order valence-corrected chi connectivity index (χ4v) is 1.85. The molecule has 0 bridgehead atoms. The smallest absolute Gasteiger partial charge is 0.119 e. The molecule has 1 N–H and O–H groups in total. The summed E-state index contributed by atoms with van der Waals surface area (Å²) in [6.07, 6.45) is 1.83. The third-order valence-corrected chi connectivity index (χ3v) is 2.69. The van der Waals surface area contributed by atoms with E-state index in [1.807, 2.05) is 38.1 Å². The summed E-state index contributed by atoms with van der Waals surface area (Å²) in [7, 11) is 1.81. The number of benzene rings is 1. The van der Waals surface area contributed by atoms with E-state index in [1.165, 1.54) is 0 Å². The highest BCUT2D eigenvalue weighted by molar-refractivity contribution is 5.29. The Hall–Kier alpha value is -1.88. The molecule has 5 nitrogen and oxygen atoms in total. The summed E-state index contributed by atoms with van der Waals surface area (Å²) in [5.41, 5.74) is 1.62. The average molecular weight is 261 g/mol. The van der Waals surface area contributed by atoms with E-state index in [4.69, 9.17) is 4.74 Å². The van der Waals surface area contributed by atoms with Crippen LogP contribution in [0.5, 0.6) is 5.75 Å². The van der Waals surface area contributed by atoms with Gasteiger partial charge in [-0.3, -0.25) is 4.68 Å². The standard InChI is InChI=1S/C14H19N3O2/c1-10(2)19-13-6-4-11(5-7-13)14(18)8-12-9-17(3)16-15-12/h4-7,9-10,14,18H,8H2,1-3H3. The molecule has 0 saturated heterocycles. The first kappa shape index (κ1) is 13.5. The Morgan fingerprint density at radius 3 is 2.47 bits per heavy atom. The van der Waals surface area contributed by atoms with E-state index in [-0.39, 0.29) is 6.10 Å². The van der Waals surface area contributed by atoms with Gasteiger partial charge < -0.3 is 9.84 Å². The molecule has 0 saturated carbocycles. The molecule has 1 unspecified atom stereocenters. The summed E-state index contributed by atoms with van der Waals surface area (Å²) in [6, 6.07) is 7.49. The van der Waals surface area contributed by atoms with Crippen molar-refractivity contribution in [1.82, 2.24) is 15.0 Å². The predicted molar refractivity (Wildman–Crippen MR) is 71.9 cm³/mol. The van der Waals surface area contributed by atoms with Crippen molar-refractivity contribution in [1.29, 1.82) is 0 Å². The summed E-state index contributed by atoms with van der Waals surface area (Å²) in [5, 5.41) is 18.0. The Bertz CT molecular complexity index is 520. The molecule has 0 aliphatic rings. The highest BCUT2D eigenvalue weighted by Crippen LogP contribution is 2.21. The molecule has 1 aromatic heterocycles. The molecule has 2 aromatic rings. The van der Waals surface area contributed by atoms with Gasteiger partial charge in [-0.25, -0.2) is 0 Å². The van der Waals surface area contributed by atoms with Crippen LogP contribution in [-0.2, 0) is 13.5 Å². The van der Waals surface area contributed by atoms with Crippen LogP contribution < -0.4 is 4.74 Å². The molecule has 102 valence electrons. The number of aryl methyl sites for hydroxylation is 1. The molecule has 1 atom stereocenters. The van der Waals surface area contributed by atoms with E-state index in [1.54, 1.807) is 17.9 Å². The van der Waals surface area contributed by atoms with Gasteiger partial charge in [-0.15, -0.1) is 5.10 Å². The number of aliphatic hydroxyl groups excluding tert-OH is 1. The molecule has 0 amide bonds. The van der Waals surface area contributed by atoms with E-state index < -0.39 is 6.10 Å². The summed E-state index contributed by atoms with van der Waals surface area (Å²) < 4.78 is 7.19. The topological polar surface area (TPSA) is 60.2 Å². The minimum absolute atomic E-state index is 0.148. The zero-order valence-electron chi connectivity index (χ0n) is 11.4. The number of rotatable bonds is 5. The van der Waals surface area contributed by atoms with Crippen LogP contribution in [0.3, 0.4) is 0 Å². The highest BCUT2D eigenvalue weighted by Gasteiger charge is 2.11. The SMILES string of the molecule is CC(C)Oc1ccc(C(O)Cc2cn(C)nn2)cc1. The summed E-state index contributed by atoms with van der Waals surface area (Å²) in [5.74, 6) is 0.811. The quantitative estimate of drug-likeness (QED) is 0.892. The molecule has 2 rings (SSSR count). The van der Waals surface area contributed by atoms with Crippen molar-refractivity contribution in [2.75, 3.05) is 0 Å². The maximum absolute atomic E-state index is 10.1. The van der Waals surface area contributed by atoms with Crippen molar-refractivity contribution in [3.63, 3.8) is 0 Å². The molecule has 0 spiro atoms. The third kappa shape index (κ3) is 3.79. The monoisotopic (exact) mass is 261 g/mol. The lowest BCUT2D eigenvalue weighted by atomic mass is 10.1. The van der Waals surface area contributed by atoms with Gasteiger partial charge in [0.15, 0.2) is 0 Å². The largest absolute Gasteiger partial charge is 0.491 e. The van der Waals surface area contributed by atoms with E-state index in [0.29, 0.717) is 6.42 Å². The Labute approximate surface area is 112 Å². The van der Waals surface area contributed by atoms with Gasteiger partial charge in [0.05, 0.1) is 17.9 Å². The van der Waals surface area contributed by atoms with E-state index in [9.17, 15) is 5.11 Å². The zero-order chi connectivity index (χ0) is 13.8. The van der Waals surface area contributed by atoms with Crippen LogP contribution in [0.2, 0.25) is 0 Å². The van der Waals surface area contributed by atoms with Gasteiger partial charge in [-0.2, -0.15) is 0 Å². The van der Waals surface area contributed by atoms with Crippen molar-refractivity contribution < 1.29 is 9.84 Å². The van der Waals surface area contributed by atoms with Crippen molar-refractivity contribution in [3.8, 4) is 5.75 Å². The number of aromatic nitrogens is 3. The lowest BCUT2D eigenvalue weighted by Crippen LogP contribution is -2.06. The lowest BCUT2D eigenvalue weighted by molar-refractivity contribution is 0.177. The predicted octanol–water partition coefficient (Wildman–Crippen LogP) is 1.88. The maximum atomic E-state index is 10.1. The van der Waals surface area contributed by atoms with Gasteiger partial charge in [-0.1, -0.05) is 17.3 Å². The molecule has 0 aliphatic carbocycles. The molecule has 5 heteroatoms. The third-order valence-electron chi connectivity index (χ3n) is 2.69. The normalized spacial score (nSPS) is 12.7. The lowest BCUT2D eigenvalue weighted by Gasteiger charge is -2.12. The van der Waals surface area contributed by atoms with Crippen LogP contribution in [0, 0.1) is 0 Å². The molecule has 0 aliphatic heterocycles. The van der Waals surface area contributed by atoms with Gasteiger partial charge in [0.2, 0.25) is 0 Å². The van der Waals surface area contributed by atoms with Crippen molar-refractivity contribution in [3.05, 3.63) is 41.7 Å². The van der Waals surface area contributed by atoms with Gasteiger partial charge >= 0.3 is 0 Å². The zero-order valence-corrected chi connectivity index (χ0v) is 11.4. The first-order valence-electron chi connectivity index (χ1n) is 6.34. The molecule has 1 aromatic carbocycles. The summed E-state index contributed by atoms with van der Waals surface area (Å²) in [4.78, 5) is 0. The molecule has 1 heterocycles. The van der Waals surface area contributed by atoms with E-state index in [0.717, 1.165) is 17.0 Å². The molecule has 19 heavy (non-hydrogen) atoms. The van der Waals surface area contributed by atoms with Crippen molar-refractivity contribution >= 4 is 0 Å². The summed E-state index contributed by atoms with van der Waals surface area (Å²) >= 11 is 0.